The molecule has 3 saturated heterocycles. The van der Waals surface area contributed by atoms with E-state index < -0.39 is 5.72 Å². The molecule has 27 heavy (non-hydrogen) atoms. The first-order valence-electron chi connectivity index (χ1n) is 10.2. The first kappa shape index (κ1) is 17.4. The lowest BCUT2D eigenvalue weighted by molar-refractivity contribution is -0.175. The highest BCUT2D eigenvalue weighted by atomic mass is 16.7. The molecule has 1 aromatic rings. The van der Waals surface area contributed by atoms with Gasteiger partial charge in [0.25, 0.3) is 0 Å². The van der Waals surface area contributed by atoms with Crippen LogP contribution in [-0.4, -0.2) is 42.6 Å². The number of nitrogens with zero attached hydrogens (tertiary/aromatic N) is 1. The summed E-state index contributed by atoms with van der Waals surface area (Å²) in [7, 11) is 0. The molecule has 4 aliphatic rings. The molecule has 5 rings (SSSR count). The van der Waals surface area contributed by atoms with Crippen molar-refractivity contribution in [3.8, 4) is 0 Å². The standard InChI is InChI=1S/C22H27NO4/c24-20-10-9-18-16(8-11-21-25-13-14-26-21)7-4-12-22(18)23(20)19(15-27-22)17-5-2-1-3-6-17/h1-3,5-7,18-19,21H,4,8-15H2/t18-,19-,22-/m0/s1. The van der Waals surface area contributed by atoms with E-state index in [9.17, 15) is 4.79 Å². The molecule has 0 N–H and O–H groups in total. The molecule has 1 aromatic carbocycles. The van der Waals surface area contributed by atoms with E-state index in [0.717, 1.165) is 32.1 Å². The van der Waals surface area contributed by atoms with Gasteiger partial charge in [0.2, 0.25) is 5.91 Å². The Bertz CT molecular complexity index is 727. The first-order chi connectivity index (χ1) is 13.3. The molecule has 144 valence electrons. The summed E-state index contributed by atoms with van der Waals surface area (Å²) in [5, 5.41) is 0. The van der Waals surface area contributed by atoms with Gasteiger partial charge in [0.05, 0.1) is 25.9 Å². The molecule has 3 aliphatic heterocycles. The van der Waals surface area contributed by atoms with Gasteiger partial charge in [-0.1, -0.05) is 42.0 Å². The predicted octanol–water partition coefficient (Wildman–Crippen LogP) is 3.57. The molecule has 0 radical (unpaired) electrons. The number of benzene rings is 1. The van der Waals surface area contributed by atoms with E-state index in [1.54, 1.807) is 0 Å². The van der Waals surface area contributed by atoms with Gasteiger partial charge in [-0.2, -0.15) is 0 Å². The molecule has 0 unspecified atom stereocenters. The Morgan fingerprint density at radius 2 is 1.96 bits per heavy atom. The minimum Gasteiger partial charge on any atom is -0.352 e. The smallest absolute Gasteiger partial charge is 0.225 e. The van der Waals surface area contributed by atoms with Crippen molar-refractivity contribution in [2.75, 3.05) is 19.8 Å². The molecular weight excluding hydrogens is 342 g/mol. The van der Waals surface area contributed by atoms with E-state index in [0.29, 0.717) is 32.2 Å². The highest BCUT2D eigenvalue weighted by Crippen LogP contribution is 2.53. The molecule has 1 aliphatic carbocycles. The Morgan fingerprint density at radius 3 is 2.78 bits per heavy atom. The summed E-state index contributed by atoms with van der Waals surface area (Å²) in [5.41, 5.74) is 2.14. The van der Waals surface area contributed by atoms with Crippen LogP contribution >= 0.6 is 0 Å². The van der Waals surface area contributed by atoms with Crippen LogP contribution in [0.25, 0.3) is 0 Å². The molecule has 1 amide bonds. The molecule has 3 heterocycles. The number of hydrogen-bond donors (Lipinski definition) is 0. The van der Waals surface area contributed by atoms with Crippen LogP contribution in [0.4, 0.5) is 0 Å². The van der Waals surface area contributed by atoms with Gasteiger partial charge in [0.1, 0.15) is 0 Å². The van der Waals surface area contributed by atoms with Gasteiger partial charge in [0.15, 0.2) is 12.0 Å². The summed E-state index contributed by atoms with van der Waals surface area (Å²) in [4.78, 5) is 15.1. The SMILES string of the molecule is O=C1CC[C@H]2C(CCC3OCCO3)=CCC[C@]23OC[C@@H](c2ccccc2)N13. The molecule has 0 bridgehead atoms. The lowest BCUT2D eigenvalue weighted by Gasteiger charge is -2.50. The number of piperidine rings is 1. The summed E-state index contributed by atoms with van der Waals surface area (Å²) in [5.74, 6) is 0.528. The lowest BCUT2D eigenvalue weighted by Crippen LogP contribution is -2.58. The average Bonchev–Trinajstić information content (AvgIpc) is 3.35. The van der Waals surface area contributed by atoms with E-state index in [1.807, 2.05) is 18.2 Å². The predicted molar refractivity (Wildman–Crippen MR) is 99.7 cm³/mol. The third-order valence-corrected chi connectivity index (χ3v) is 6.57. The van der Waals surface area contributed by atoms with Gasteiger partial charge in [-0.05, 0) is 31.2 Å². The van der Waals surface area contributed by atoms with Gasteiger partial charge in [-0.15, -0.1) is 0 Å². The minimum absolute atomic E-state index is 0.0300. The van der Waals surface area contributed by atoms with Crippen molar-refractivity contribution in [3.05, 3.63) is 47.5 Å². The van der Waals surface area contributed by atoms with Crippen molar-refractivity contribution in [2.45, 2.75) is 56.6 Å². The second kappa shape index (κ2) is 7.04. The fourth-order valence-corrected chi connectivity index (χ4v) is 5.40. The van der Waals surface area contributed by atoms with Gasteiger partial charge < -0.3 is 19.1 Å². The van der Waals surface area contributed by atoms with Crippen LogP contribution < -0.4 is 0 Å². The highest BCUT2D eigenvalue weighted by molar-refractivity contribution is 5.79. The Balaban J connectivity index is 1.40. The second-order valence-corrected chi connectivity index (χ2v) is 7.96. The van der Waals surface area contributed by atoms with Crippen LogP contribution in [-0.2, 0) is 19.0 Å². The third-order valence-electron chi connectivity index (χ3n) is 6.57. The quantitative estimate of drug-likeness (QED) is 0.762. The first-order valence-corrected chi connectivity index (χ1v) is 10.2. The number of ether oxygens (including phenoxy) is 3. The zero-order valence-corrected chi connectivity index (χ0v) is 15.6. The summed E-state index contributed by atoms with van der Waals surface area (Å²) < 4.78 is 17.7. The van der Waals surface area contributed by atoms with Crippen molar-refractivity contribution in [1.82, 2.24) is 4.90 Å². The van der Waals surface area contributed by atoms with Gasteiger partial charge >= 0.3 is 0 Å². The monoisotopic (exact) mass is 369 g/mol. The summed E-state index contributed by atoms with van der Waals surface area (Å²) in [6.45, 7) is 1.98. The Morgan fingerprint density at radius 1 is 1.15 bits per heavy atom. The lowest BCUT2D eigenvalue weighted by atomic mass is 9.72. The van der Waals surface area contributed by atoms with E-state index in [1.165, 1.54) is 11.1 Å². The van der Waals surface area contributed by atoms with Crippen LogP contribution in [0.15, 0.2) is 42.0 Å². The zero-order chi connectivity index (χ0) is 18.3. The molecule has 3 atom stereocenters. The number of allylic oxidation sites excluding steroid dienone is 1. The number of hydrogen-bond acceptors (Lipinski definition) is 4. The second-order valence-electron chi connectivity index (χ2n) is 7.96. The van der Waals surface area contributed by atoms with Crippen molar-refractivity contribution in [1.29, 1.82) is 0 Å². The van der Waals surface area contributed by atoms with Crippen molar-refractivity contribution >= 4 is 5.91 Å². The maximum atomic E-state index is 13.0. The van der Waals surface area contributed by atoms with Crippen molar-refractivity contribution in [2.24, 2.45) is 5.92 Å². The van der Waals surface area contributed by atoms with E-state index in [4.69, 9.17) is 14.2 Å². The minimum atomic E-state index is -0.461. The zero-order valence-electron chi connectivity index (χ0n) is 15.6. The normalized spacial score (nSPS) is 33.7. The average molecular weight is 369 g/mol. The largest absolute Gasteiger partial charge is 0.352 e. The molecule has 5 nitrogen and oxygen atoms in total. The van der Waals surface area contributed by atoms with E-state index in [2.05, 4.69) is 23.1 Å². The van der Waals surface area contributed by atoms with E-state index in [-0.39, 0.29) is 18.2 Å². The van der Waals surface area contributed by atoms with Crippen LogP contribution in [0.3, 0.4) is 0 Å². The Hall–Kier alpha value is -1.69. The van der Waals surface area contributed by atoms with Crippen LogP contribution in [0, 0.1) is 5.92 Å². The number of rotatable bonds is 4. The molecular formula is C22H27NO4. The highest BCUT2D eigenvalue weighted by Gasteiger charge is 2.58. The van der Waals surface area contributed by atoms with Gasteiger partial charge in [-0.25, -0.2) is 0 Å². The third kappa shape index (κ3) is 2.93. The maximum absolute atomic E-state index is 13.0. The number of carbonyl (C=O) groups excluding carboxylic acids is 1. The van der Waals surface area contributed by atoms with Crippen LogP contribution in [0.2, 0.25) is 0 Å². The Kier molecular flexibility index (Phi) is 4.54. The van der Waals surface area contributed by atoms with Crippen LogP contribution in [0.1, 0.15) is 50.1 Å². The maximum Gasteiger partial charge on any atom is 0.225 e. The van der Waals surface area contributed by atoms with Crippen molar-refractivity contribution < 1.29 is 19.0 Å². The van der Waals surface area contributed by atoms with E-state index >= 15 is 0 Å². The molecule has 0 saturated carbocycles. The fourth-order valence-electron chi connectivity index (χ4n) is 5.40. The molecule has 0 aromatic heterocycles. The number of carbonyl (C=O) groups is 1. The summed E-state index contributed by atoms with van der Waals surface area (Å²) in [6, 6.07) is 10.4. The molecule has 5 heteroatoms. The topological polar surface area (TPSA) is 48.0 Å². The molecule has 1 spiro atoms. The van der Waals surface area contributed by atoms with Crippen LogP contribution in [0.5, 0.6) is 0 Å². The Labute approximate surface area is 160 Å². The fraction of sp³-hybridized carbons (Fsp3) is 0.591. The number of amides is 1. The molecule has 3 fully saturated rings. The van der Waals surface area contributed by atoms with Crippen molar-refractivity contribution in [3.63, 3.8) is 0 Å². The summed E-state index contributed by atoms with van der Waals surface area (Å²) in [6.07, 6.45) is 7.48. The summed E-state index contributed by atoms with van der Waals surface area (Å²) >= 11 is 0. The van der Waals surface area contributed by atoms with Gasteiger partial charge in [0, 0.05) is 18.8 Å². The van der Waals surface area contributed by atoms with Gasteiger partial charge in [-0.3, -0.25) is 4.79 Å².